The van der Waals surface area contributed by atoms with E-state index in [-0.39, 0.29) is 5.82 Å². The molecule has 1 unspecified atom stereocenters. The van der Waals surface area contributed by atoms with E-state index in [1.807, 2.05) is 30.8 Å². The maximum atomic E-state index is 13.0. The first-order valence-corrected chi connectivity index (χ1v) is 7.72. The summed E-state index contributed by atoms with van der Waals surface area (Å²) in [6.07, 6.45) is 2.09. The Hall–Kier alpha value is -1.72. The minimum atomic E-state index is -0.189. The SMILES string of the molecule is CCOCC1CN(Cc2ccc(F)cc2)Cc2cn(C)nc21. The maximum Gasteiger partial charge on any atom is 0.123 e. The van der Waals surface area contributed by atoms with E-state index in [4.69, 9.17) is 4.74 Å². The first kappa shape index (κ1) is 15.2. The molecule has 0 saturated heterocycles. The lowest BCUT2D eigenvalue weighted by Gasteiger charge is -2.31. The van der Waals surface area contributed by atoms with Crippen molar-refractivity contribution < 1.29 is 9.13 Å². The molecule has 118 valence electrons. The number of fused-ring (bicyclic) bond motifs is 1. The third kappa shape index (κ3) is 3.36. The third-order valence-electron chi connectivity index (χ3n) is 4.04. The van der Waals surface area contributed by atoms with Crippen molar-refractivity contribution in [2.24, 2.45) is 7.05 Å². The van der Waals surface area contributed by atoms with Crippen molar-refractivity contribution in [3.8, 4) is 0 Å². The van der Waals surface area contributed by atoms with Crippen LogP contribution < -0.4 is 0 Å². The normalized spacial score (nSPS) is 18.4. The fraction of sp³-hybridized carbons (Fsp3) is 0.471. The Kier molecular flexibility index (Phi) is 4.55. The smallest absolute Gasteiger partial charge is 0.123 e. The third-order valence-corrected chi connectivity index (χ3v) is 4.04. The molecule has 22 heavy (non-hydrogen) atoms. The molecule has 1 aliphatic heterocycles. The Labute approximate surface area is 130 Å². The molecule has 0 spiro atoms. The lowest BCUT2D eigenvalue weighted by molar-refractivity contribution is 0.104. The Morgan fingerprint density at radius 3 is 2.82 bits per heavy atom. The Bertz CT molecular complexity index is 623. The number of benzene rings is 1. The van der Waals surface area contributed by atoms with Crippen molar-refractivity contribution in [2.75, 3.05) is 19.8 Å². The molecule has 3 rings (SSSR count). The number of halogens is 1. The highest BCUT2D eigenvalue weighted by atomic mass is 19.1. The van der Waals surface area contributed by atoms with Gasteiger partial charge in [0.25, 0.3) is 0 Å². The predicted octanol–water partition coefficient (Wildman–Crippen LogP) is 2.70. The first-order valence-electron chi connectivity index (χ1n) is 7.72. The van der Waals surface area contributed by atoms with Crippen LogP contribution in [-0.4, -0.2) is 34.4 Å². The van der Waals surface area contributed by atoms with E-state index >= 15 is 0 Å². The number of aryl methyl sites for hydroxylation is 1. The molecular weight excluding hydrogens is 281 g/mol. The summed E-state index contributed by atoms with van der Waals surface area (Å²) in [6.45, 7) is 6.04. The van der Waals surface area contributed by atoms with Gasteiger partial charge in [0.05, 0.1) is 12.3 Å². The van der Waals surface area contributed by atoms with Gasteiger partial charge in [-0.15, -0.1) is 0 Å². The molecule has 4 nitrogen and oxygen atoms in total. The average Bonchev–Trinajstić information content (AvgIpc) is 2.87. The van der Waals surface area contributed by atoms with Crippen LogP contribution in [0.2, 0.25) is 0 Å². The van der Waals surface area contributed by atoms with Crippen LogP contribution >= 0.6 is 0 Å². The Morgan fingerprint density at radius 2 is 2.09 bits per heavy atom. The fourth-order valence-electron chi connectivity index (χ4n) is 3.08. The van der Waals surface area contributed by atoms with Crippen molar-refractivity contribution in [1.82, 2.24) is 14.7 Å². The number of rotatable bonds is 5. The minimum absolute atomic E-state index is 0.189. The summed E-state index contributed by atoms with van der Waals surface area (Å²) in [4.78, 5) is 2.38. The summed E-state index contributed by atoms with van der Waals surface area (Å²) in [5.74, 6) is 0.108. The number of hydrogen-bond donors (Lipinski definition) is 0. The van der Waals surface area contributed by atoms with Crippen LogP contribution in [-0.2, 0) is 24.9 Å². The molecule has 0 bridgehead atoms. The zero-order valence-corrected chi connectivity index (χ0v) is 13.1. The van der Waals surface area contributed by atoms with Gasteiger partial charge in [0.15, 0.2) is 0 Å². The Morgan fingerprint density at radius 1 is 1.32 bits per heavy atom. The van der Waals surface area contributed by atoms with Gasteiger partial charge in [0.2, 0.25) is 0 Å². The standard InChI is InChI=1S/C17H22FN3O/c1-3-22-12-15-11-21(8-13-4-6-16(18)7-5-13)10-14-9-20(2)19-17(14)15/h4-7,9,15H,3,8,10-12H2,1-2H3. The molecule has 5 heteroatoms. The fourth-order valence-corrected chi connectivity index (χ4v) is 3.08. The molecule has 0 fully saturated rings. The second-order valence-electron chi connectivity index (χ2n) is 5.87. The van der Waals surface area contributed by atoms with E-state index in [0.29, 0.717) is 12.5 Å². The zero-order valence-electron chi connectivity index (χ0n) is 13.1. The molecule has 0 amide bonds. The van der Waals surface area contributed by atoms with Crippen molar-refractivity contribution in [3.63, 3.8) is 0 Å². The van der Waals surface area contributed by atoms with Crippen molar-refractivity contribution in [3.05, 3.63) is 53.1 Å². The van der Waals surface area contributed by atoms with E-state index in [9.17, 15) is 4.39 Å². The molecular formula is C17H22FN3O. The van der Waals surface area contributed by atoms with Crippen molar-refractivity contribution in [1.29, 1.82) is 0 Å². The molecule has 2 aromatic rings. The van der Waals surface area contributed by atoms with Crippen LogP contribution in [0.3, 0.4) is 0 Å². The number of ether oxygens (including phenoxy) is 1. The van der Waals surface area contributed by atoms with Gasteiger partial charge < -0.3 is 4.74 Å². The molecule has 0 saturated carbocycles. The molecule has 1 aromatic heterocycles. The molecule has 0 N–H and O–H groups in total. The van der Waals surface area contributed by atoms with Crippen LogP contribution in [0.25, 0.3) is 0 Å². The largest absolute Gasteiger partial charge is 0.381 e. The number of hydrogen-bond acceptors (Lipinski definition) is 3. The number of nitrogens with zero attached hydrogens (tertiary/aromatic N) is 3. The second kappa shape index (κ2) is 6.58. The van der Waals surface area contributed by atoms with E-state index in [1.54, 1.807) is 0 Å². The summed E-state index contributed by atoms with van der Waals surface area (Å²) in [5.41, 5.74) is 3.55. The van der Waals surface area contributed by atoms with E-state index in [1.165, 1.54) is 17.7 Å². The molecule has 0 radical (unpaired) electrons. The lowest BCUT2D eigenvalue weighted by Crippen LogP contribution is -2.34. The quantitative estimate of drug-likeness (QED) is 0.851. The molecule has 1 atom stereocenters. The van der Waals surface area contributed by atoms with E-state index in [0.717, 1.165) is 37.5 Å². The summed E-state index contributed by atoms with van der Waals surface area (Å²) in [5, 5.41) is 4.60. The average molecular weight is 303 g/mol. The van der Waals surface area contributed by atoms with Crippen LogP contribution in [0, 0.1) is 5.82 Å². The van der Waals surface area contributed by atoms with Gasteiger partial charge in [0, 0.05) is 51.0 Å². The summed E-state index contributed by atoms with van der Waals surface area (Å²) in [7, 11) is 1.96. The summed E-state index contributed by atoms with van der Waals surface area (Å²) in [6, 6.07) is 6.75. The van der Waals surface area contributed by atoms with Gasteiger partial charge in [-0.3, -0.25) is 9.58 Å². The van der Waals surface area contributed by atoms with Gasteiger partial charge in [-0.2, -0.15) is 5.10 Å². The lowest BCUT2D eigenvalue weighted by atomic mass is 9.97. The van der Waals surface area contributed by atoms with Gasteiger partial charge >= 0.3 is 0 Å². The van der Waals surface area contributed by atoms with Crippen molar-refractivity contribution in [2.45, 2.75) is 25.9 Å². The van der Waals surface area contributed by atoms with E-state index < -0.39 is 0 Å². The van der Waals surface area contributed by atoms with Gasteiger partial charge in [-0.25, -0.2) is 4.39 Å². The van der Waals surface area contributed by atoms with Gasteiger partial charge in [0.1, 0.15) is 5.82 Å². The summed E-state index contributed by atoms with van der Waals surface area (Å²) < 4.78 is 20.5. The number of aromatic nitrogens is 2. The van der Waals surface area contributed by atoms with Crippen molar-refractivity contribution >= 4 is 0 Å². The maximum absolute atomic E-state index is 13.0. The topological polar surface area (TPSA) is 30.3 Å². The second-order valence-corrected chi connectivity index (χ2v) is 5.87. The molecule has 1 aliphatic rings. The first-order chi connectivity index (χ1) is 10.7. The predicted molar refractivity (Wildman–Crippen MR) is 83.0 cm³/mol. The molecule has 0 aliphatic carbocycles. The zero-order chi connectivity index (χ0) is 15.5. The Balaban J connectivity index is 1.75. The van der Waals surface area contributed by atoms with Gasteiger partial charge in [-0.1, -0.05) is 12.1 Å². The highest BCUT2D eigenvalue weighted by Gasteiger charge is 2.28. The van der Waals surface area contributed by atoms with Crippen LogP contribution in [0.5, 0.6) is 0 Å². The van der Waals surface area contributed by atoms with Crippen LogP contribution in [0.1, 0.15) is 29.7 Å². The van der Waals surface area contributed by atoms with Crippen LogP contribution in [0.4, 0.5) is 4.39 Å². The highest BCUT2D eigenvalue weighted by molar-refractivity contribution is 5.25. The minimum Gasteiger partial charge on any atom is -0.381 e. The monoisotopic (exact) mass is 303 g/mol. The van der Waals surface area contributed by atoms with Gasteiger partial charge in [-0.05, 0) is 24.6 Å². The molecule has 2 heterocycles. The summed E-state index contributed by atoms with van der Waals surface area (Å²) >= 11 is 0. The van der Waals surface area contributed by atoms with E-state index in [2.05, 4.69) is 16.2 Å². The molecule has 1 aromatic carbocycles. The van der Waals surface area contributed by atoms with Crippen LogP contribution in [0.15, 0.2) is 30.5 Å². The highest BCUT2D eigenvalue weighted by Crippen LogP contribution is 2.28.